The van der Waals surface area contributed by atoms with Crippen molar-refractivity contribution in [3.8, 4) is 5.75 Å². The minimum Gasteiger partial charge on any atom is -0.497 e. The van der Waals surface area contributed by atoms with E-state index in [1.165, 1.54) is 11.8 Å². The third-order valence-electron chi connectivity index (χ3n) is 3.01. The molecule has 1 rings (SSSR count). The lowest BCUT2D eigenvalue weighted by Gasteiger charge is -2.20. The van der Waals surface area contributed by atoms with Crippen molar-refractivity contribution in [1.29, 1.82) is 0 Å². The molecule has 0 N–H and O–H groups in total. The van der Waals surface area contributed by atoms with Gasteiger partial charge in [0, 0.05) is 5.56 Å². The fourth-order valence-corrected chi connectivity index (χ4v) is 2.66. The van der Waals surface area contributed by atoms with Crippen molar-refractivity contribution in [2.75, 3.05) is 13.4 Å². The van der Waals surface area contributed by atoms with Crippen LogP contribution in [-0.2, 0) is 0 Å². The quantitative estimate of drug-likeness (QED) is 0.450. The monoisotopic (exact) mass is 294 g/mol. The normalized spacial score (nSPS) is 13.4. The highest BCUT2D eigenvalue weighted by atomic mass is 32.2. The van der Waals surface area contributed by atoms with E-state index < -0.39 is 0 Å². The average Bonchev–Trinajstić information content (AvgIpc) is 2.46. The Labute approximate surface area is 124 Å². The standard InChI is InChI=1S/C15H18O2S2/c1-5-10(2)13(15(18)19-4)14(16)11-6-8-12(17-3)9-7-11/h5-10,13H,1H2,2-4H3. The highest BCUT2D eigenvalue weighted by Crippen LogP contribution is 2.25. The second kappa shape index (κ2) is 7.46. The maximum Gasteiger partial charge on any atom is 0.172 e. The molecule has 0 aliphatic carbocycles. The van der Waals surface area contributed by atoms with Crippen LogP contribution in [0.3, 0.4) is 0 Å². The number of thiocarbonyl (C=S) groups is 1. The van der Waals surface area contributed by atoms with Crippen LogP contribution in [0.2, 0.25) is 0 Å². The van der Waals surface area contributed by atoms with E-state index in [0.717, 1.165) is 5.75 Å². The number of allylic oxidation sites excluding steroid dienone is 1. The summed E-state index contributed by atoms with van der Waals surface area (Å²) in [5, 5.41) is 0. The summed E-state index contributed by atoms with van der Waals surface area (Å²) in [6.45, 7) is 5.72. The lowest BCUT2D eigenvalue weighted by atomic mass is 9.88. The molecule has 1 aromatic rings. The van der Waals surface area contributed by atoms with Crippen molar-refractivity contribution in [3.63, 3.8) is 0 Å². The van der Waals surface area contributed by atoms with Gasteiger partial charge < -0.3 is 4.74 Å². The van der Waals surface area contributed by atoms with Gasteiger partial charge >= 0.3 is 0 Å². The minimum absolute atomic E-state index is 0.0227. The lowest BCUT2D eigenvalue weighted by molar-refractivity contribution is 0.0940. The fraction of sp³-hybridized carbons (Fsp3) is 0.333. The van der Waals surface area contributed by atoms with Gasteiger partial charge in [-0.1, -0.05) is 25.2 Å². The average molecular weight is 294 g/mol. The Kier molecular flexibility index (Phi) is 6.25. The molecule has 0 amide bonds. The number of thioether (sulfide) groups is 1. The molecule has 102 valence electrons. The first-order valence-electron chi connectivity index (χ1n) is 5.93. The smallest absolute Gasteiger partial charge is 0.172 e. The summed E-state index contributed by atoms with van der Waals surface area (Å²) in [4.78, 5) is 12.6. The molecule has 2 unspecified atom stereocenters. The number of methoxy groups -OCH3 is 1. The molecule has 0 aliphatic heterocycles. The molecule has 1 aromatic carbocycles. The topological polar surface area (TPSA) is 26.3 Å². The fourth-order valence-electron chi connectivity index (χ4n) is 1.76. The van der Waals surface area contributed by atoms with Gasteiger partial charge in [-0.3, -0.25) is 4.79 Å². The summed E-state index contributed by atoms with van der Waals surface area (Å²) in [6, 6.07) is 7.11. The Hall–Kier alpha value is -1.13. The Morgan fingerprint density at radius 1 is 1.42 bits per heavy atom. The van der Waals surface area contributed by atoms with E-state index in [0.29, 0.717) is 9.76 Å². The number of ether oxygens (including phenoxy) is 1. The first kappa shape index (κ1) is 15.9. The molecule has 0 bridgehead atoms. The number of rotatable bonds is 6. The molecular weight excluding hydrogens is 276 g/mol. The number of hydrogen-bond acceptors (Lipinski definition) is 4. The summed E-state index contributed by atoms with van der Waals surface area (Å²) in [6.07, 6.45) is 3.67. The van der Waals surface area contributed by atoms with Gasteiger partial charge in [-0.15, -0.1) is 18.3 Å². The summed E-state index contributed by atoms with van der Waals surface area (Å²) in [7, 11) is 1.60. The lowest BCUT2D eigenvalue weighted by Crippen LogP contribution is -2.26. The second-order valence-corrected chi connectivity index (χ2v) is 5.73. The van der Waals surface area contributed by atoms with E-state index in [2.05, 4.69) is 6.58 Å². The third kappa shape index (κ3) is 3.91. The third-order valence-corrected chi connectivity index (χ3v) is 4.42. The van der Waals surface area contributed by atoms with Crippen molar-refractivity contribution in [3.05, 3.63) is 42.5 Å². The van der Waals surface area contributed by atoms with Crippen molar-refractivity contribution in [2.45, 2.75) is 6.92 Å². The van der Waals surface area contributed by atoms with E-state index in [-0.39, 0.29) is 17.6 Å². The Bertz CT molecular complexity index is 466. The maximum absolute atomic E-state index is 12.6. The van der Waals surface area contributed by atoms with Gasteiger partial charge in [0.25, 0.3) is 0 Å². The van der Waals surface area contributed by atoms with E-state index >= 15 is 0 Å². The van der Waals surface area contributed by atoms with Gasteiger partial charge in [-0.25, -0.2) is 0 Å². The van der Waals surface area contributed by atoms with E-state index in [9.17, 15) is 4.79 Å². The zero-order valence-corrected chi connectivity index (χ0v) is 13.0. The first-order chi connectivity index (χ1) is 9.04. The van der Waals surface area contributed by atoms with Gasteiger partial charge in [0.2, 0.25) is 0 Å². The predicted molar refractivity (Wildman–Crippen MR) is 86.3 cm³/mol. The number of benzene rings is 1. The van der Waals surface area contributed by atoms with Crippen molar-refractivity contribution >= 4 is 34.0 Å². The summed E-state index contributed by atoms with van der Waals surface area (Å²) in [5.41, 5.74) is 0.649. The van der Waals surface area contributed by atoms with Crippen LogP contribution >= 0.6 is 24.0 Å². The number of Topliss-reactive ketones (excluding diaryl/α,β-unsaturated/α-hetero) is 1. The molecule has 0 fully saturated rings. The van der Waals surface area contributed by atoms with Crippen LogP contribution in [0, 0.1) is 11.8 Å². The van der Waals surface area contributed by atoms with Crippen LogP contribution in [0.25, 0.3) is 0 Å². The van der Waals surface area contributed by atoms with Gasteiger partial charge in [0.15, 0.2) is 5.78 Å². The molecule has 2 nitrogen and oxygen atoms in total. The van der Waals surface area contributed by atoms with Gasteiger partial charge in [-0.2, -0.15) is 0 Å². The molecular formula is C15H18O2S2. The van der Waals surface area contributed by atoms with Crippen molar-refractivity contribution < 1.29 is 9.53 Å². The van der Waals surface area contributed by atoms with Crippen LogP contribution in [0.4, 0.5) is 0 Å². The molecule has 0 radical (unpaired) electrons. The largest absolute Gasteiger partial charge is 0.497 e. The van der Waals surface area contributed by atoms with Crippen LogP contribution in [0.15, 0.2) is 36.9 Å². The maximum atomic E-state index is 12.6. The number of ketones is 1. The Morgan fingerprint density at radius 2 is 2.00 bits per heavy atom. The van der Waals surface area contributed by atoms with Crippen molar-refractivity contribution in [1.82, 2.24) is 0 Å². The van der Waals surface area contributed by atoms with Crippen LogP contribution < -0.4 is 4.74 Å². The zero-order chi connectivity index (χ0) is 14.4. The molecule has 4 heteroatoms. The zero-order valence-electron chi connectivity index (χ0n) is 11.4. The predicted octanol–water partition coefficient (Wildman–Crippen LogP) is 4.01. The molecule has 0 aliphatic rings. The molecule has 0 spiro atoms. The summed E-state index contributed by atoms with van der Waals surface area (Å²) < 4.78 is 5.79. The first-order valence-corrected chi connectivity index (χ1v) is 7.57. The number of carbonyl (C=O) groups is 1. The second-order valence-electron chi connectivity index (χ2n) is 4.19. The molecule has 0 saturated heterocycles. The van der Waals surface area contributed by atoms with Crippen LogP contribution in [-0.4, -0.2) is 23.3 Å². The molecule has 19 heavy (non-hydrogen) atoms. The molecule has 2 atom stereocenters. The van der Waals surface area contributed by atoms with Gasteiger partial charge in [0.05, 0.1) is 17.2 Å². The molecule has 0 saturated carbocycles. The molecule has 0 heterocycles. The Morgan fingerprint density at radius 3 is 2.42 bits per heavy atom. The summed E-state index contributed by atoms with van der Waals surface area (Å²) >= 11 is 6.76. The highest BCUT2D eigenvalue weighted by molar-refractivity contribution is 8.22. The van der Waals surface area contributed by atoms with Crippen molar-refractivity contribution in [2.24, 2.45) is 11.8 Å². The summed E-state index contributed by atoms with van der Waals surface area (Å²) in [5.74, 6) is 0.483. The van der Waals surface area contributed by atoms with Gasteiger partial charge in [0.1, 0.15) is 5.75 Å². The van der Waals surface area contributed by atoms with E-state index in [1.807, 2.05) is 13.2 Å². The van der Waals surface area contributed by atoms with Crippen LogP contribution in [0.5, 0.6) is 5.75 Å². The van der Waals surface area contributed by atoms with E-state index in [1.54, 1.807) is 37.5 Å². The Balaban J connectivity index is 3.04. The SMILES string of the molecule is C=CC(C)C(C(=O)c1ccc(OC)cc1)C(=S)SC. The number of carbonyl (C=O) groups excluding carboxylic acids is 1. The minimum atomic E-state index is -0.309. The highest BCUT2D eigenvalue weighted by Gasteiger charge is 2.28. The van der Waals surface area contributed by atoms with Crippen LogP contribution in [0.1, 0.15) is 17.3 Å². The van der Waals surface area contributed by atoms with E-state index in [4.69, 9.17) is 17.0 Å². The molecule has 0 aromatic heterocycles. The van der Waals surface area contributed by atoms with Gasteiger partial charge in [-0.05, 0) is 36.4 Å². The number of hydrogen-bond donors (Lipinski definition) is 0.